The van der Waals surface area contributed by atoms with E-state index >= 15 is 0 Å². The van der Waals surface area contributed by atoms with Crippen molar-refractivity contribution in [1.82, 2.24) is 9.97 Å². The normalized spacial score (nSPS) is 12.9. The van der Waals surface area contributed by atoms with Crippen LogP contribution in [0.25, 0.3) is 0 Å². The molecule has 0 saturated carbocycles. The van der Waals surface area contributed by atoms with E-state index in [2.05, 4.69) is 9.97 Å². The molecular weight excluding hydrogens is 180 g/mol. The highest BCUT2D eigenvalue weighted by molar-refractivity contribution is 5.14. The highest BCUT2D eigenvalue weighted by atomic mass is 16.5. The Kier molecular flexibility index (Phi) is 3.83. The summed E-state index contributed by atoms with van der Waals surface area (Å²) in [5.74, 6) is 0.561. The van der Waals surface area contributed by atoms with E-state index in [0.29, 0.717) is 12.3 Å². The molecule has 1 rings (SSSR count). The molecule has 0 aliphatic carbocycles. The minimum Gasteiger partial charge on any atom is -0.475 e. The van der Waals surface area contributed by atoms with Gasteiger partial charge in [0, 0.05) is 12.5 Å². The quantitative estimate of drug-likeness (QED) is 0.785. The first-order chi connectivity index (χ1) is 6.58. The first kappa shape index (κ1) is 10.9. The SMILES string of the molecule is CC(O)Cc1cc(OC(C)C)ncn1. The number of ether oxygens (including phenoxy) is 1. The molecule has 4 heteroatoms. The molecule has 0 aliphatic heterocycles. The predicted molar refractivity (Wildman–Crippen MR) is 53.2 cm³/mol. The van der Waals surface area contributed by atoms with Crippen molar-refractivity contribution in [2.45, 2.75) is 39.4 Å². The van der Waals surface area contributed by atoms with Crippen LogP contribution in [0.3, 0.4) is 0 Å². The molecule has 78 valence electrons. The molecule has 0 bridgehead atoms. The van der Waals surface area contributed by atoms with Crippen LogP contribution in [-0.4, -0.2) is 27.3 Å². The molecule has 1 heterocycles. The van der Waals surface area contributed by atoms with E-state index in [1.165, 1.54) is 6.33 Å². The average molecular weight is 196 g/mol. The fourth-order valence-corrected chi connectivity index (χ4v) is 1.10. The zero-order valence-electron chi connectivity index (χ0n) is 8.77. The van der Waals surface area contributed by atoms with E-state index < -0.39 is 6.10 Å². The van der Waals surface area contributed by atoms with Crippen molar-refractivity contribution >= 4 is 0 Å². The third-order valence-corrected chi connectivity index (χ3v) is 1.56. The van der Waals surface area contributed by atoms with Crippen LogP contribution in [0, 0.1) is 0 Å². The summed E-state index contributed by atoms with van der Waals surface area (Å²) in [6.07, 6.45) is 1.69. The fraction of sp³-hybridized carbons (Fsp3) is 0.600. The number of aliphatic hydroxyl groups excluding tert-OH is 1. The zero-order chi connectivity index (χ0) is 10.6. The Morgan fingerprint density at radius 1 is 1.36 bits per heavy atom. The van der Waals surface area contributed by atoms with Gasteiger partial charge in [0.05, 0.1) is 17.9 Å². The molecule has 0 aliphatic rings. The fourth-order valence-electron chi connectivity index (χ4n) is 1.10. The predicted octanol–water partition coefficient (Wildman–Crippen LogP) is 1.19. The number of nitrogens with zero attached hydrogens (tertiary/aromatic N) is 2. The standard InChI is InChI=1S/C10H16N2O2/c1-7(2)14-10-5-9(4-8(3)13)11-6-12-10/h5-8,13H,4H2,1-3H3. The van der Waals surface area contributed by atoms with Gasteiger partial charge in [-0.05, 0) is 20.8 Å². The summed E-state index contributed by atoms with van der Waals surface area (Å²) >= 11 is 0. The Bertz CT molecular complexity index is 262. The molecule has 0 aromatic carbocycles. The van der Waals surface area contributed by atoms with Crippen molar-refractivity contribution in [3.63, 3.8) is 0 Å². The Labute approximate surface area is 84.0 Å². The molecule has 0 spiro atoms. The van der Waals surface area contributed by atoms with Crippen molar-refractivity contribution in [3.8, 4) is 5.88 Å². The molecule has 1 atom stereocenters. The molecule has 4 nitrogen and oxygen atoms in total. The van der Waals surface area contributed by atoms with E-state index in [-0.39, 0.29) is 6.10 Å². The number of aromatic nitrogens is 2. The van der Waals surface area contributed by atoms with Crippen LogP contribution in [0.5, 0.6) is 5.88 Å². The molecule has 0 saturated heterocycles. The average Bonchev–Trinajstić information content (AvgIpc) is 2.01. The van der Waals surface area contributed by atoms with Gasteiger partial charge in [-0.2, -0.15) is 0 Å². The first-order valence-electron chi connectivity index (χ1n) is 4.73. The van der Waals surface area contributed by atoms with Gasteiger partial charge < -0.3 is 9.84 Å². The lowest BCUT2D eigenvalue weighted by molar-refractivity contribution is 0.193. The Morgan fingerprint density at radius 3 is 2.64 bits per heavy atom. The minimum atomic E-state index is -0.392. The van der Waals surface area contributed by atoms with Gasteiger partial charge in [0.1, 0.15) is 6.33 Å². The van der Waals surface area contributed by atoms with E-state index in [1.807, 2.05) is 13.8 Å². The van der Waals surface area contributed by atoms with Crippen molar-refractivity contribution < 1.29 is 9.84 Å². The molecule has 14 heavy (non-hydrogen) atoms. The van der Waals surface area contributed by atoms with Crippen molar-refractivity contribution in [1.29, 1.82) is 0 Å². The van der Waals surface area contributed by atoms with Crippen LogP contribution >= 0.6 is 0 Å². The summed E-state index contributed by atoms with van der Waals surface area (Å²) in [5, 5.41) is 9.18. The molecule has 0 fully saturated rings. The zero-order valence-corrected chi connectivity index (χ0v) is 8.77. The summed E-state index contributed by atoms with van der Waals surface area (Å²) in [5.41, 5.74) is 0.797. The lowest BCUT2D eigenvalue weighted by atomic mass is 10.2. The summed E-state index contributed by atoms with van der Waals surface area (Å²) in [6.45, 7) is 5.61. The first-order valence-corrected chi connectivity index (χ1v) is 4.73. The van der Waals surface area contributed by atoms with E-state index in [9.17, 15) is 5.11 Å². The Balaban J connectivity index is 2.68. The maximum absolute atomic E-state index is 9.18. The highest BCUT2D eigenvalue weighted by Gasteiger charge is 2.04. The largest absolute Gasteiger partial charge is 0.475 e. The van der Waals surface area contributed by atoms with Gasteiger partial charge in [-0.15, -0.1) is 0 Å². The van der Waals surface area contributed by atoms with Gasteiger partial charge >= 0.3 is 0 Å². The van der Waals surface area contributed by atoms with Crippen LogP contribution in [0.1, 0.15) is 26.5 Å². The molecule has 0 radical (unpaired) electrons. The topological polar surface area (TPSA) is 55.2 Å². The highest BCUT2D eigenvalue weighted by Crippen LogP contribution is 2.10. The summed E-state index contributed by atoms with van der Waals surface area (Å²) in [6, 6.07) is 1.76. The molecule has 1 aromatic rings. The van der Waals surface area contributed by atoms with Crippen LogP contribution < -0.4 is 4.74 Å². The maximum atomic E-state index is 9.18. The van der Waals surface area contributed by atoms with E-state index in [4.69, 9.17) is 4.74 Å². The second-order valence-corrected chi connectivity index (χ2v) is 3.57. The smallest absolute Gasteiger partial charge is 0.216 e. The van der Waals surface area contributed by atoms with Gasteiger partial charge in [-0.1, -0.05) is 0 Å². The number of hydrogen-bond acceptors (Lipinski definition) is 4. The monoisotopic (exact) mass is 196 g/mol. The molecule has 1 N–H and O–H groups in total. The van der Waals surface area contributed by atoms with Gasteiger partial charge in [0.15, 0.2) is 0 Å². The third kappa shape index (κ3) is 3.70. The summed E-state index contributed by atoms with van der Waals surface area (Å²) < 4.78 is 5.40. The lowest BCUT2D eigenvalue weighted by Gasteiger charge is -2.09. The molecular formula is C10H16N2O2. The Hall–Kier alpha value is -1.16. The van der Waals surface area contributed by atoms with Crippen LogP contribution in [0.2, 0.25) is 0 Å². The second-order valence-electron chi connectivity index (χ2n) is 3.57. The van der Waals surface area contributed by atoms with Crippen LogP contribution in [0.15, 0.2) is 12.4 Å². The number of aliphatic hydroxyl groups is 1. The number of rotatable bonds is 4. The number of hydrogen-bond donors (Lipinski definition) is 1. The molecule has 1 unspecified atom stereocenters. The minimum absolute atomic E-state index is 0.101. The van der Waals surface area contributed by atoms with Gasteiger partial charge in [-0.3, -0.25) is 0 Å². The van der Waals surface area contributed by atoms with Gasteiger partial charge in [0.2, 0.25) is 5.88 Å². The molecule has 0 amide bonds. The summed E-state index contributed by atoms with van der Waals surface area (Å²) in [4.78, 5) is 8.01. The lowest BCUT2D eigenvalue weighted by Crippen LogP contribution is -2.10. The van der Waals surface area contributed by atoms with Crippen molar-refractivity contribution in [2.75, 3.05) is 0 Å². The van der Waals surface area contributed by atoms with Gasteiger partial charge in [0.25, 0.3) is 0 Å². The van der Waals surface area contributed by atoms with Crippen molar-refractivity contribution in [2.24, 2.45) is 0 Å². The maximum Gasteiger partial charge on any atom is 0.216 e. The van der Waals surface area contributed by atoms with E-state index in [0.717, 1.165) is 5.69 Å². The Morgan fingerprint density at radius 2 is 2.07 bits per heavy atom. The van der Waals surface area contributed by atoms with Crippen LogP contribution in [-0.2, 0) is 6.42 Å². The third-order valence-electron chi connectivity index (χ3n) is 1.56. The van der Waals surface area contributed by atoms with E-state index in [1.54, 1.807) is 13.0 Å². The van der Waals surface area contributed by atoms with Crippen LogP contribution in [0.4, 0.5) is 0 Å². The second kappa shape index (κ2) is 4.91. The van der Waals surface area contributed by atoms with Gasteiger partial charge in [-0.25, -0.2) is 9.97 Å². The summed E-state index contributed by atoms with van der Waals surface area (Å²) in [7, 11) is 0. The molecule has 1 aromatic heterocycles. The van der Waals surface area contributed by atoms with Crippen molar-refractivity contribution in [3.05, 3.63) is 18.1 Å².